The zero-order valence-electron chi connectivity index (χ0n) is 16.5. The molecule has 1 amide bonds. The van der Waals surface area contributed by atoms with Crippen LogP contribution in [0.5, 0.6) is 11.5 Å². The van der Waals surface area contributed by atoms with Gasteiger partial charge in [-0.2, -0.15) is 0 Å². The largest absolute Gasteiger partial charge is 0.493 e. The van der Waals surface area contributed by atoms with E-state index < -0.39 is 5.41 Å². The Morgan fingerprint density at radius 3 is 2.33 bits per heavy atom. The number of hydrogen-bond donors (Lipinski definition) is 1. The fourth-order valence-electron chi connectivity index (χ4n) is 4.14. The van der Waals surface area contributed by atoms with Crippen LogP contribution in [0.15, 0.2) is 48.5 Å². The number of ether oxygens (including phenoxy) is 2. The Balaban J connectivity index is 1.80. The van der Waals surface area contributed by atoms with Gasteiger partial charge in [-0.3, -0.25) is 4.79 Å². The van der Waals surface area contributed by atoms with Crippen LogP contribution in [0.1, 0.15) is 43.7 Å². The Bertz CT molecular complexity index is 766. The van der Waals surface area contributed by atoms with Gasteiger partial charge in [0.2, 0.25) is 5.91 Å². The third-order valence-corrected chi connectivity index (χ3v) is 5.59. The molecule has 0 heterocycles. The van der Waals surface area contributed by atoms with Crippen LogP contribution in [-0.4, -0.2) is 26.2 Å². The molecule has 1 fully saturated rings. The number of carbonyl (C=O) groups is 1. The van der Waals surface area contributed by atoms with E-state index in [9.17, 15) is 4.79 Å². The van der Waals surface area contributed by atoms with E-state index in [4.69, 9.17) is 9.47 Å². The first-order valence-electron chi connectivity index (χ1n) is 9.66. The van der Waals surface area contributed by atoms with Gasteiger partial charge in [-0.05, 0) is 49.4 Å². The molecule has 4 heteroatoms. The van der Waals surface area contributed by atoms with Crippen molar-refractivity contribution in [2.24, 2.45) is 0 Å². The summed E-state index contributed by atoms with van der Waals surface area (Å²) in [4.78, 5) is 13.3. The lowest BCUT2D eigenvalue weighted by atomic mass is 9.77. The van der Waals surface area contributed by atoms with Crippen LogP contribution in [0, 0.1) is 0 Å². The predicted molar refractivity (Wildman–Crippen MR) is 107 cm³/mol. The van der Waals surface area contributed by atoms with E-state index in [0.29, 0.717) is 11.5 Å². The maximum Gasteiger partial charge on any atom is 0.230 e. The van der Waals surface area contributed by atoms with Crippen LogP contribution in [-0.2, 0) is 16.6 Å². The van der Waals surface area contributed by atoms with Crippen molar-refractivity contribution in [2.75, 3.05) is 14.2 Å². The molecule has 0 unspecified atom stereocenters. The zero-order valence-corrected chi connectivity index (χ0v) is 16.5. The highest BCUT2D eigenvalue weighted by molar-refractivity contribution is 5.89. The smallest absolute Gasteiger partial charge is 0.230 e. The standard InChI is InChI=1S/C23H29NO3/c1-17(15-18-9-5-4-6-10-18)24-22(25)23(13-7-8-14-23)19-11-12-20(26-2)21(16-19)27-3/h4-6,9-12,16-17H,7-8,13-15H2,1-3H3,(H,24,25)/t17-/m1/s1. The summed E-state index contributed by atoms with van der Waals surface area (Å²) in [6, 6.07) is 16.2. The van der Waals surface area contributed by atoms with E-state index in [0.717, 1.165) is 37.7 Å². The van der Waals surface area contributed by atoms with Crippen molar-refractivity contribution in [1.29, 1.82) is 0 Å². The number of amides is 1. The number of benzene rings is 2. The highest BCUT2D eigenvalue weighted by Crippen LogP contribution is 2.44. The summed E-state index contributed by atoms with van der Waals surface area (Å²) < 4.78 is 10.8. The lowest BCUT2D eigenvalue weighted by Gasteiger charge is -2.30. The van der Waals surface area contributed by atoms with Gasteiger partial charge in [-0.25, -0.2) is 0 Å². The zero-order chi connectivity index (χ0) is 19.3. The van der Waals surface area contributed by atoms with E-state index in [1.807, 2.05) is 36.4 Å². The molecule has 2 aromatic carbocycles. The molecule has 0 bridgehead atoms. The van der Waals surface area contributed by atoms with Crippen LogP contribution in [0.3, 0.4) is 0 Å². The quantitative estimate of drug-likeness (QED) is 0.795. The van der Waals surface area contributed by atoms with Crippen LogP contribution >= 0.6 is 0 Å². The Morgan fingerprint density at radius 2 is 1.70 bits per heavy atom. The predicted octanol–water partition coefficient (Wildman–Crippen LogP) is 4.26. The number of hydrogen-bond acceptors (Lipinski definition) is 3. The summed E-state index contributed by atoms with van der Waals surface area (Å²) >= 11 is 0. The third kappa shape index (κ3) is 4.10. The van der Waals surface area contributed by atoms with Gasteiger partial charge in [0.25, 0.3) is 0 Å². The first kappa shape index (κ1) is 19.3. The Morgan fingerprint density at radius 1 is 1.04 bits per heavy atom. The maximum absolute atomic E-state index is 13.3. The first-order valence-corrected chi connectivity index (χ1v) is 9.66. The summed E-state index contributed by atoms with van der Waals surface area (Å²) in [6.45, 7) is 2.07. The van der Waals surface area contributed by atoms with Gasteiger partial charge in [0.05, 0.1) is 19.6 Å². The van der Waals surface area contributed by atoms with Crippen LogP contribution in [0.25, 0.3) is 0 Å². The second kappa shape index (κ2) is 8.47. The van der Waals surface area contributed by atoms with E-state index in [1.54, 1.807) is 14.2 Å². The minimum atomic E-state index is -0.482. The molecular formula is C23H29NO3. The van der Waals surface area contributed by atoms with Crippen molar-refractivity contribution in [3.8, 4) is 11.5 Å². The van der Waals surface area contributed by atoms with Crippen molar-refractivity contribution in [1.82, 2.24) is 5.32 Å². The SMILES string of the molecule is COc1ccc(C2(C(=O)N[C@H](C)Cc3ccccc3)CCCC2)cc1OC. The second-order valence-electron chi connectivity index (χ2n) is 7.42. The molecule has 27 heavy (non-hydrogen) atoms. The van der Waals surface area contributed by atoms with Gasteiger partial charge < -0.3 is 14.8 Å². The highest BCUT2D eigenvalue weighted by Gasteiger charge is 2.43. The van der Waals surface area contributed by atoms with Crippen LogP contribution < -0.4 is 14.8 Å². The van der Waals surface area contributed by atoms with Gasteiger partial charge in [-0.1, -0.05) is 49.2 Å². The van der Waals surface area contributed by atoms with Gasteiger partial charge in [0.15, 0.2) is 11.5 Å². The van der Waals surface area contributed by atoms with Gasteiger partial charge in [0, 0.05) is 6.04 Å². The van der Waals surface area contributed by atoms with Crippen molar-refractivity contribution in [3.63, 3.8) is 0 Å². The summed E-state index contributed by atoms with van der Waals surface area (Å²) in [5.41, 5.74) is 1.77. The highest BCUT2D eigenvalue weighted by atomic mass is 16.5. The molecule has 1 N–H and O–H groups in total. The van der Waals surface area contributed by atoms with Crippen molar-refractivity contribution < 1.29 is 14.3 Å². The molecule has 0 spiro atoms. The van der Waals surface area contributed by atoms with Crippen LogP contribution in [0.2, 0.25) is 0 Å². The van der Waals surface area contributed by atoms with Crippen molar-refractivity contribution >= 4 is 5.91 Å². The average molecular weight is 367 g/mol. The fourth-order valence-corrected chi connectivity index (χ4v) is 4.14. The average Bonchev–Trinajstić information content (AvgIpc) is 3.19. The molecular weight excluding hydrogens is 338 g/mol. The molecule has 1 atom stereocenters. The molecule has 0 saturated heterocycles. The lowest BCUT2D eigenvalue weighted by molar-refractivity contribution is -0.127. The van der Waals surface area contributed by atoms with E-state index in [2.05, 4.69) is 24.4 Å². The number of rotatable bonds is 7. The van der Waals surface area contributed by atoms with Gasteiger partial charge in [-0.15, -0.1) is 0 Å². The normalized spacial score (nSPS) is 16.6. The molecule has 0 radical (unpaired) electrons. The molecule has 4 nitrogen and oxygen atoms in total. The van der Waals surface area contributed by atoms with Crippen molar-refractivity contribution in [3.05, 3.63) is 59.7 Å². The molecule has 1 aliphatic carbocycles. The first-order chi connectivity index (χ1) is 13.1. The Hall–Kier alpha value is -2.49. The summed E-state index contributed by atoms with van der Waals surface area (Å²) in [6.07, 6.45) is 4.69. The molecule has 2 aromatic rings. The number of carbonyl (C=O) groups excluding carboxylic acids is 1. The third-order valence-electron chi connectivity index (χ3n) is 5.59. The Kier molecular flexibility index (Phi) is 6.04. The minimum Gasteiger partial charge on any atom is -0.493 e. The lowest BCUT2D eigenvalue weighted by Crippen LogP contribution is -2.46. The molecule has 1 aliphatic rings. The van der Waals surface area contributed by atoms with Gasteiger partial charge >= 0.3 is 0 Å². The van der Waals surface area contributed by atoms with Crippen LogP contribution in [0.4, 0.5) is 0 Å². The van der Waals surface area contributed by atoms with E-state index >= 15 is 0 Å². The summed E-state index contributed by atoms with van der Waals surface area (Å²) in [5, 5.41) is 3.26. The number of methoxy groups -OCH3 is 2. The van der Waals surface area contributed by atoms with E-state index in [1.165, 1.54) is 5.56 Å². The molecule has 1 saturated carbocycles. The summed E-state index contributed by atoms with van der Waals surface area (Å²) in [7, 11) is 3.26. The fraction of sp³-hybridized carbons (Fsp3) is 0.435. The second-order valence-corrected chi connectivity index (χ2v) is 7.42. The summed E-state index contributed by atoms with van der Waals surface area (Å²) in [5.74, 6) is 1.48. The Labute approximate surface area is 161 Å². The molecule has 0 aromatic heterocycles. The van der Waals surface area contributed by atoms with Crippen molar-refractivity contribution in [2.45, 2.75) is 50.5 Å². The minimum absolute atomic E-state index is 0.0810. The number of nitrogens with one attached hydrogen (secondary N) is 1. The molecule has 144 valence electrons. The molecule has 0 aliphatic heterocycles. The van der Waals surface area contributed by atoms with Gasteiger partial charge in [0.1, 0.15) is 0 Å². The maximum atomic E-state index is 13.3. The topological polar surface area (TPSA) is 47.6 Å². The molecule has 3 rings (SSSR count). The van der Waals surface area contributed by atoms with E-state index in [-0.39, 0.29) is 11.9 Å². The monoisotopic (exact) mass is 367 g/mol.